The van der Waals surface area contributed by atoms with Crippen molar-refractivity contribution >= 4 is 0 Å². The van der Waals surface area contributed by atoms with Crippen molar-refractivity contribution in [1.29, 1.82) is 0 Å². The number of hydrogen-bond donors (Lipinski definition) is 1. The van der Waals surface area contributed by atoms with Crippen molar-refractivity contribution < 1.29 is 4.42 Å². The lowest BCUT2D eigenvalue weighted by molar-refractivity contribution is 0.247. The predicted octanol–water partition coefficient (Wildman–Crippen LogP) is 4.18. The summed E-state index contributed by atoms with van der Waals surface area (Å²) in [5.74, 6) is 2.07. The van der Waals surface area contributed by atoms with E-state index >= 15 is 0 Å². The van der Waals surface area contributed by atoms with Crippen LogP contribution in [0.4, 0.5) is 0 Å². The first-order valence-corrected chi connectivity index (χ1v) is 8.50. The maximum Gasteiger partial charge on any atom is 0.122 e. The molecule has 2 rings (SSSR count). The van der Waals surface area contributed by atoms with Crippen LogP contribution in [0.3, 0.4) is 0 Å². The summed E-state index contributed by atoms with van der Waals surface area (Å²) in [6, 6.07) is 2.11. The molecule has 0 saturated carbocycles. The average molecular weight is 292 g/mol. The van der Waals surface area contributed by atoms with Gasteiger partial charge in [-0.3, -0.25) is 4.90 Å². The molecule has 3 nitrogen and oxygen atoms in total. The second-order valence-corrected chi connectivity index (χ2v) is 7.45. The smallest absolute Gasteiger partial charge is 0.122 e. The lowest BCUT2D eigenvalue weighted by atomic mass is 9.98. The van der Waals surface area contributed by atoms with E-state index in [1.807, 2.05) is 6.26 Å². The molecule has 1 atom stereocenters. The molecule has 2 heterocycles. The molecule has 0 aliphatic carbocycles. The summed E-state index contributed by atoms with van der Waals surface area (Å²) in [6.45, 7) is 13.2. The van der Waals surface area contributed by atoms with E-state index in [0.29, 0.717) is 0 Å². The van der Waals surface area contributed by atoms with Gasteiger partial charge < -0.3 is 9.73 Å². The molecule has 1 N–H and O–H groups in total. The van der Waals surface area contributed by atoms with E-state index in [1.54, 1.807) is 0 Å². The number of nitrogens with zero attached hydrogens (tertiary/aromatic N) is 1. The molecule has 0 spiro atoms. The first-order valence-electron chi connectivity index (χ1n) is 8.50. The van der Waals surface area contributed by atoms with Gasteiger partial charge in [0.1, 0.15) is 5.76 Å². The standard InChI is InChI=1S/C18H32N2O/c1-5-15-7-6-10-20(11-8-15)14-17-16(9-12-21-17)13-19-18(2,3)4/h9,12,15,19H,5-8,10-11,13-14H2,1-4H3. The molecule has 1 aromatic rings. The van der Waals surface area contributed by atoms with Crippen molar-refractivity contribution in [2.45, 2.75) is 72.0 Å². The van der Waals surface area contributed by atoms with E-state index in [-0.39, 0.29) is 5.54 Å². The second-order valence-electron chi connectivity index (χ2n) is 7.45. The fraction of sp³-hybridized carbons (Fsp3) is 0.778. The predicted molar refractivity (Wildman–Crippen MR) is 88.2 cm³/mol. The van der Waals surface area contributed by atoms with E-state index in [1.165, 1.54) is 44.3 Å². The van der Waals surface area contributed by atoms with Crippen molar-refractivity contribution in [3.63, 3.8) is 0 Å². The van der Waals surface area contributed by atoms with Crippen LogP contribution in [0, 0.1) is 5.92 Å². The van der Waals surface area contributed by atoms with Gasteiger partial charge in [0.15, 0.2) is 0 Å². The van der Waals surface area contributed by atoms with Crippen molar-refractivity contribution in [2.24, 2.45) is 5.92 Å². The highest BCUT2D eigenvalue weighted by Gasteiger charge is 2.18. The summed E-state index contributed by atoms with van der Waals surface area (Å²) in [6.07, 6.45) is 7.22. The molecule has 120 valence electrons. The third-order valence-corrected chi connectivity index (χ3v) is 4.53. The largest absolute Gasteiger partial charge is 0.468 e. The number of furan rings is 1. The highest BCUT2D eigenvalue weighted by atomic mass is 16.3. The molecule has 0 aromatic carbocycles. The quantitative estimate of drug-likeness (QED) is 0.882. The van der Waals surface area contributed by atoms with Gasteiger partial charge in [-0.2, -0.15) is 0 Å². The van der Waals surface area contributed by atoms with Crippen LogP contribution < -0.4 is 5.32 Å². The molecule has 0 bridgehead atoms. The maximum atomic E-state index is 5.74. The molecular weight excluding hydrogens is 260 g/mol. The molecule has 1 saturated heterocycles. The lowest BCUT2D eigenvalue weighted by Gasteiger charge is -2.22. The third-order valence-electron chi connectivity index (χ3n) is 4.53. The number of hydrogen-bond acceptors (Lipinski definition) is 3. The van der Waals surface area contributed by atoms with Crippen LogP contribution in [0.15, 0.2) is 16.7 Å². The molecule has 1 unspecified atom stereocenters. The Labute approximate surface area is 130 Å². The van der Waals surface area contributed by atoms with Crippen molar-refractivity contribution in [3.05, 3.63) is 23.7 Å². The Morgan fingerprint density at radius 2 is 2.10 bits per heavy atom. The van der Waals surface area contributed by atoms with Crippen LogP contribution >= 0.6 is 0 Å². The van der Waals surface area contributed by atoms with Gasteiger partial charge >= 0.3 is 0 Å². The monoisotopic (exact) mass is 292 g/mol. The molecule has 0 amide bonds. The Balaban J connectivity index is 1.89. The summed E-state index contributed by atoms with van der Waals surface area (Å²) >= 11 is 0. The van der Waals surface area contributed by atoms with Crippen LogP contribution in [0.5, 0.6) is 0 Å². The minimum absolute atomic E-state index is 0.144. The maximum absolute atomic E-state index is 5.74. The van der Waals surface area contributed by atoms with E-state index < -0.39 is 0 Å². The van der Waals surface area contributed by atoms with Gasteiger partial charge in [0.25, 0.3) is 0 Å². The van der Waals surface area contributed by atoms with Gasteiger partial charge in [-0.1, -0.05) is 13.3 Å². The zero-order valence-electron chi connectivity index (χ0n) is 14.2. The molecule has 1 aliphatic heterocycles. The molecule has 1 aliphatic rings. The van der Waals surface area contributed by atoms with Crippen molar-refractivity contribution in [1.82, 2.24) is 10.2 Å². The normalized spacial score (nSPS) is 21.4. The van der Waals surface area contributed by atoms with Crippen molar-refractivity contribution in [3.8, 4) is 0 Å². The number of likely N-dealkylation sites (tertiary alicyclic amines) is 1. The fourth-order valence-electron chi connectivity index (χ4n) is 3.02. The Morgan fingerprint density at radius 1 is 1.29 bits per heavy atom. The molecular formula is C18H32N2O. The van der Waals surface area contributed by atoms with Crippen LogP contribution in [0.25, 0.3) is 0 Å². The molecule has 21 heavy (non-hydrogen) atoms. The second kappa shape index (κ2) is 7.46. The first kappa shape index (κ1) is 16.6. The zero-order chi connectivity index (χ0) is 15.3. The summed E-state index contributed by atoms with van der Waals surface area (Å²) in [4.78, 5) is 2.56. The summed E-state index contributed by atoms with van der Waals surface area (Å²) in [5.41, 5.74) is 1.45. The fourth-order valence-corrected chi connectivity index (χ4v) is 3.02. The number of nitrogens with one attached hydrogen (secondary N) is 1. The van der Waals surface area contributed by atoms with Gasteiger partial charge in [-0.05, 0) is 65.1 Å². The Kier molecular flexibility index (Phi) is 5.88. The lowest BCUT2D eigenvalue weighted by Crippen LogP contribution is -2.35. The van der Waals surface area contributed by atoms with E-state index in [4.69, 9.17) is 4.42 Å². The van der Waals surface area contributed by atoms with Gasteiger partial charge in [-0.15, -0.1) is 0 Å². The summed E-state index contributed by atoms with van der Waals surface area (Å²) in [5, 5.41) is 3.55. The van der Waals surface area contributed by atoms with E-state index in [2.05, 4.69) is 44.0 Å². The van der Waals surface area contributed by atoms with Gasteiger partial charge in [-0.25, -0.2) is 0 Å². The Hall–Kier alpha value is -0.800. The molecule has 1 fully saturated rings. The zero-order valence-corrected chi connectivity index (χ0v) is 14.2. The Bertz CT molecular complexity index is 419. The first-order chi connectivity index (χ1) is 9.98. The van der Waals surface area contributed by atoms with E-state index in [0.717, 1.165) is 24.8 Å². The van der Waals surface area contributed by atoms with Crippen LogP contribution in [0.2, 0.25) is 0 Å². The SMILES string of the molecule is CCC1CCCN(Cc2occc2CNC(C)(C)C)CC1. The summed E-state index contributed by atoms with van der Waals surface area (Å²) in [7, 11) is 0. The average Bonchev–Trinajstić information content (AvgIpc) is 2.73. The van der Waals surface area contributed by atoms with Gasteiger partial charge in [0.2, 0.25) is 0 Å². The van der Waals surface area contributed by atoms with Crippen LogP contribution in [0.1, 0.15) is 64.7 Å². The Morgan fingerprint density at radius 3 is 2.81 bits per heavy atom. The number of rotatable bonds is 5. The van der Waals surface area contributed by atoms with Crippen molar-refractivity contribution in [2.75, 3.05) is 13.1 Å². The van der Waals surface area contributed by atoms with Gasteiger partial charge in [0.05, 0.1) is 12.8 Å². The highest BCUT2D eigenvalue weighted by molar-refractivity contribution is 5.17. The summed E-state index contributed by atoms with van der Waals surface area (Å²) < 4.78 is 5.74. The molecule has 3 heteroatoms. The van der Waals surface area contributed by atoms with Crippen LogP contribution in [-0.4, -0.2) is 23.5 Å². The molecule has 1 aromatic heterocycles. The van der Waals surface area contributed by atoms with E-state index in [9.17, 15) is 0 Å². The highest BCUT2D eigenvalue weighted by Crippen LogP contribution is 2.22. The minimum atomic E-state index is 0.144. The van der Waals surface area contributed by atoms with Gasteiger partial charge in [0, 0.05) is 17.6 Å². The van der Waals surface area contributed by atoms with Crippen LogP contribution in [-0.2, 0) is 13.1 Å². The molecule has 0 radical (unpaired) electrons. The third kappa shape index (κ3) is 5.48. The minimum Gasteiger partial charge on any atom is -0.468 e. The topological polar surface area (TPSA) is 28.4 Å².